The monoisotopic (exact) mass is 270 g/mol. The van der Waals surface area contributed by atoms with Gasteiger partial charge in [0, 0.05) is 5.69 Å². The number of nitrogens with zero attached hydrogens (tertiary/aromatic N) is 1. The molecule has 1 N–H and O–H groups in total. The number of rotatable bonds is 4. The fraction of sp³-hybridized carbons (Fsp3) is 0.188. The zero-order chi connectivity index (χ0) is 14.5. The second-order valence-corrected chi connectivity index (χ2v) is 4.41. The summed E-state index contributed by atoms with van der Waals surface area (Å²) in [4.78, 5) is 0. The molecule has 0 heterocycles. The van der Waals surface area contributed by atoms with E-state index in [0.717, 1.165) is 5.69 Å². The quantitative estimate of drug-likeness (QED) is 0.917. The zero-order valence-corrected chi connectivity index (χ0v) is 11.4. The lowest BCUT2D eigenvalue weighted by Gasteiger charge is -2.19. The highest BCUT2D eigenvalue weighted by molar-refractivity contribution is 5.51. The number of halogens is 1. The maximum atomic E-state index is 14.0. The van der Waals surface area contributed by atoms with Gasteiger partial charge in [-0.1, -0.05) is 12.1 Å². The summed E-state index contributed by atoms with van der Waals surface area (Å²) < 4.78 is 19.2. The molecule has 0 aromatic heterocycles. The number of hydrogen-bond acceptors (Lipinski definition) is 3. The van der Waals surface area contributed by atoms with Crippen LogP contribution in [0.15, 0.2) is 42.5 Å². The molecule has 3 nitrogen and oxygen atoms in total. The molecular weight excluding hydrogens is 255 g/mol. The average Bonchev–Trinajstić information content (AvgIpc) is 2.46. The van der Waals surface area contributed by atoms with Crippen molar-refractivity contribution in [3.63, 3.8) is 0 Å². The molecule has 0 bridgehead atoms. The molecule has 0 spiro atoms. The predicted octanol–water partition coefficient (Wildman–Crippen LogP) is 3.88. The average molecular weight is 270 g/mol. The summed E-state index contributed by atoms with van der Waals surface area (Å²) in [7, 11) is 1.52. The van der Waals surface area contributed by atoms with Crippen molar-refractivity contribution in [2.24, 2.45) is 0 Å². The molecule has 0 amide bonds. The van der Waals surface area contributed by atoms with Crippen molar-refractivity contribution in [2.75, 3.05) is 12.4 Å². The SMILES string of the molecule is COc1cccc(F)c1C(C)Nc1cccc(C#N)c1. The topological polar surface area (TPSA) is 45.0 Å². The number of nitrogens with one attached hydrogen (secondary N) is 1. The number of hydrogen-bond donors (Lipinski definition) is 1. The molecule has 0 aliphatic carbocycles. The summed E-state index contributed by atoms with van der Waals surface area (Å²) in [6, 6.07) is 13.6. The minimum atomic E-state index is -0.319. The first kappa shape index (κ1) is 13.9. The molecule has 0 aliphatic heterocycles. The normalized spacial score (nSPS) is 11.5. The third-order valence-electron chi connectivity index (χ3n) is 3.04. The largest absolute Gasteiger partial charge is 0.496 e. The van der Waals surface area contributed by atoms with Gasteiger partial charge in [-0.2, -0.15) is 5.26 Å². The van der Waals surface area contributed by atoms with Crippen molar-refractivity contribution in [1.82, 2.24) is 0 Å². The van der Waals surface area contributed by atoms with Crippen LogP contribution in [0, 0.1) is 17.1 Å². The van der Waals surface area contributed by atoms with Crippen LogP contribution in [-0.4, -0.2) is 7.11 Å². The van der Waals surface area contributed by atoms with Gasteiger partial charge < -0.3 is 10.1 Å². The molecule has 1 unspecified atom stereocenters. The Kier molecular flexibility index (Phi) is 4.21. The molecule has 20 heavy (non-hydrogen) atoms. The molecule has 2 aromatic carbocycles. The standard InChI is InChI=1S/C16H15FN2O/c1-11(16-14(17)7-4-8-15(16)20-2)19-13-6-3-5-12(9-13)10-18/h3-9,11,19H,1-2H3. The van der Waals surface area contributed by atoms with Crippen LogP contribution < -0.4 is 10.1 Å². The second kappa shape index (κ2) is 6.07. The van der Waals surface area contributed by atoms with Crippen LogP contribution in [0.2, 0.25) is 0 Å². The summed E-state index contributed by atoms with van der Waals surface area (Å²) in [6.07, 6.45) is 0. The third kappa shape index (κ3) is 2.89. The van der Waals surface area contributed by atoms with Crippen LogP contribution in [-0.2, 0) is 0 Å². The van der Waals surface area contributed by atoms with E-state index in [0.29, 0.717) is 16.9 Å². The van der Waals surface area contributed by atoms with E-state index in [1.54, 1.807) is 30.3 Å². The minimum absolute atomic E-state index is 0.278. The molecule has 2 aromatic rings. The van der Waals surface area contributed by atoms with Crippen molar-refractivity contribution in [2.45, 2.75) is 13.0 Å². The molecule has 0 saturated heterocycles. The van der Waals surface area contributed by atoms with E-state index in [1.165, 1.54) is 13.2 Å². The van der Waals surface area contributed by atoms with Gasteiger partial charge in [0.2, 0.25) is 0 Å². The Hall–Kier alpha value is -2.54. The molecule has 0 radical (unpaired) electrons. The maximum Gasteiger partial charge on any atom is 0.132 e. The Morgan fingerprint density at radius 2 is 2.00 bits per heavy atom. The molecule has 0 aliphatic rings. The highest BCUT2D eigenvalue weighted by Gasteiger charge is 2.16. The molecular formula is C16H15FN2O. The van der Waals surface area contributed by atoms with Gasteiger partial charge in [0.25, 0.3) is 0 Å². The third-order valence-corrected chi connectivity index (χ3v) is 3.04. The number of benzene rings is 2. The van der Waals surface area contributed by atoms with Crippen molar-refractivity contribution < 1.29 is 9.13 Å². The highest BCUT2D eigenvalue weighted by Crippen LogP contribution is 2.30. The van der Waals surface area contributed by atoms with Crippen LogP contribution >= 0.6 is 0 Å². The number of nitriles is 1. The second-order valence-electron chi connectivity index (χ2n) is 4.41. The first-order chi connectivity index (χ1) is 9.65. The predicted molar refractivity (Wildman–Crippen MR) is 76.1 cm³/mol. The zero-order valence-electron chi connectivity index (χ0n) is 11.4. The Labute approximate surface area is 117 Å². The van der Waals surface area contributed by atoms with E-state index in [1.807, 2.05) is 13.0 Å². The van der Waals surface area contributed by atoms with Gasteiger partial charge >= 0.3 is 0 Å². The van der Waals surface area contributed by atoms with Crippen molar-refractivity contribution in [1.29, 1.82) is 5.26 Å². The maximum absolute atomic E-state index is 14.0. The van der Waals surface area contributed by atoms with E-state index < -0.39 is 0 Å². The van der Waals surface area contributed by atoms with Gasteiger partial charge in [-0.25, -0.2) is 4.39 Å². The molecule has 4 heteroatoms. The highest BCUT2D eigenvalue weighted by atomic mass is 19.1. The van der Waals surface area contributed by atoms with Crippen molar-refractivity contribution >= 4 is 5.69 Å². The Morgan fingerprint density at radius 3 is 2.70 bits per heavy atom. The molecule has 0 fully saturated rings. The van der Waals surface area contributed by atoms with Crippen LogP contribution in [0.25, 0.3) is 0 Å². The number of methoxy groups -OCH3 is 1. The Morgan fingerprint density at radius 1 is 1.25 bits per heavy atom. The van der Waals surface area contributed by atoms with E-state index in [2.05, 4.69) is 11.4 Å². The van der Waals surface area contributed by atoms with Crippen LogP contribution in [0.4, 0.5) is 10.1 Å². The van der Waals surface area contributed by atoms with Gasteiger partial charge in [-0.15, -0.1) is 0 Å². The number of anilines is 1. The van der Waals surface area contributed by atoms with E-state index in [9.17, 15) is 4.39 Å². The number of ether oxygens (including phenoxy) is 1. The lowest BCUT2D eigenvalue weighted by atomic mass is 10.1. The van der Waals surface area contributed by atoms with E-state index >= 15 is 0 Å². The van der Waals surface area contributed by atoms with Gasteiger partial charge in [0.1, 0.15) is 11.6 Å². The van der Waals surface area contributed by atoms with Gasteiger partial charge in [0.05, 0.1) is 30.3 Å². The molecule has 1 atom stereocenters. The Balaban J connectivity index is 2.28. The van der Waals surface area contributed by atoms with Crippen LogP contribution in [0.5, 0.6) is 5.75 Å². The fourth-order valence-electron chi connectivity index (χ4n) is 2.12. The van der Waals surface area contributed by atoms with Gasteiger partial charge in [-0.05, 0) is 37.3 Å². The molecule has 2 rings (SSSR count). The summed E-state index contributed by atoms with van der Waals surface area (Å²) in [6.45, 7) is 1.85. The first-order valence-corrected chi connectivity index (χ1v) is 6.25. The lowest BCUT2D eigenvalue weighted by Crippen LogP contribution is -2.10. The van der Waals surface area contributed by atoms with Crippen molar-refractivity contribution in [3.05, 3.63) is 59.4 Å². The van der Waals surface area contributed by atoms with Gasteiger partial charge in [0.15, 0.2) is 0 Å². The van der Waals surface area contributed by atoms with E-state index in [-0.39, 0.29) is 11.9 Å². The Bertz CT molecular complexity index is 649. The summed E-state index contributed by atoms with van der Waals surface area (Å²) >= 11 is 0. The van der Waals surface area contributed by atoms with Crippen molar-refractivity contribution in [3.8, 4) is 11.8 Å². The smallest absolute Gasteiger partial charge is 0.132 e. The molecule has 102 valence electrons. The summed E-state index contributed by atoms with van der Waals surface area (Å²) in [5.74, 6) is 0.183. The molecule has 0 saturated carbocycles. The summed E-state index contributed by atoms with van der Waals surface area (Å²) in [5, 5.41) is 12.1. The lowest BCUT2D eigenvalue weighted by molar-refractivity contribution is 0.402. The van der Waals surface area contributed by atoms with Crippen LogP contribution in [0.3, 0.4) is 0 Å². The van der Waals surface area contributed by atoms with Gasteiger partial charge in [-0.3, -0.25) is 0 Å². The fourth-order valence-corrected chi connectivity index (χ4v) is 2.12. The summed E-state index contributed by atoms with van der Waals surface area (Å²) in [5.41, 5.74) is 1.79. The van der Waals surface area contributed by atoms with Crippen LogP contribution in [0.1, 0.15) is 24.1 Å². The first-order valence-electron chi connectivity index (χ1n) is 6.25. The van der Waals surface area contributed by atoms with E-state index in [4.69, 9.17) is 10.00 Å². The minimum Gasteiger partial charge on any atom is -0.496 e.